The number of ether oxygens (including phenoxy) is 3. The molecule has 18 heavy (non-hydrogen) atoms. The highest BCUT2D eigenvalue weighted by molar-refractivity contribution is 5.34. The Morgan fingerprint density at radius 3 is 2.67 bits per heavy atom. The summed E-state index contributed by atoms with van der Waals surface area (Å²) in [5.41, 5.74) is 0.922. The van der Waals surface area contributed by atoms with Gasteiger partial charge in [-0.05, 0) is 19.1 Å². The van der Waals surface area contributed by atoms with E-state index in [-0.39, 0.29) is 0 Å². The lowest BCUT2D eigenvalue weighted by Gasteiger charge is -2.07. The van der Waals surface area contributed by atoms with Crippen molar-refractivity contribution in [3.63, 3.8) is 0 Å². The van der Waals surface area contributed by atoms with E-state index in [0.29, 0.717) is 33.0 Å². The van der Waals surface area contributed by atoms with Gasteiger partial charge in [0.1, 0.15) is 5.82 Å². The normalized spacial score (nSPS) is 10.6. The fraction of sp³-hybridized carbons (Fsp3) is 0.615. The van der Waals surface area contributed by atoms with Crippen molar-refractivity contribution >= 4 is 5.82 Å². The molecule has 1 heterocycles. The molecule has 1 aromatic rings. The lowest BCUT2D eigenvalue weighted by molar-refractivity contribution is 0.0192. The summed E-state index contributed by atoms with van der Waals surface area (Å²) >= 11 is 0. The molecule has 0 radical (unpaired) electrons. The molecular formula is C13H22N2O3. The van der Waals surface area contributed by atoms with Crippen molar-refractivity contribution in [3.05, 3.63) is 23.9 Å². The van der Waals surface area contributed by atoms with Gasteiger partial charge in [0.15, 0.2) is 0 Å². The minimum absolute atomic E-state index is 0.507. The van der Waals surface area contributed by atoms with Gasteiger partial charge in [-0.25, -0.2) is 4.98 Å². The smallest absolute Gasteiger partial charge is 0.126 e. The van der Waals surface area contributed by atoms with Crippen LogP contribution in [-0.2, 0) is 20.8 Å². The van der Waals surface area contributed by atoms with Crippen LogP contribution in [0.3, 0.4) is 0 Å². The third-order valence-electron chi connectivity index (χ3n) is 2.22. The van der Waals surface area contributed by atoms with Crippen LogP contribution in [0.1, 0.15) is 12.6 Å². The Hall–Kier alpha value is -1.17. The van der Waals surface area contributed by atoms with E-state index in [4.69, 9.17) is 14.2 Å². The van der Waals surface area contributed by atoms with Crippen molar-refractivity contribution in [3.8, 4) is 0 Å². The predicted molar refractivity (Wildman–Crippen MR) is 70.8 cm³/mol. The number of methoxy groups -OCH3 is 1. The van der Waals surface area contributed by atoms with Crippen molar-refractivity contribution in [2.75, 3.05) is 45.4 Å². The van der Waals surface area contributed by atoms with E-state index in [1.54, 1.807) is 7.11 Å². The molecule has 1 aromatic heterocycles. The van der Waals surface area contributed by atoms with Crippen molar-refractivity contribution in [1.29, 1.82) is 0 Å². The van der Waals surface area contributed by atoms with Crippen LogP contribution in [0.2, 0.25) is 0 Å². The molecule has 0 atom stereocenters. The third-order valence-corrected chi connectivity index (χ3v) is 2.22. The Balaban J connectivity index is 2.13. The summed E-state index contributed by atoms with van der Waals surface area (Å²) in [5, 5.41) is 3.17. The summed E-state index contributed by atoms with van der Waals surface area (Å²) in [7, 11) is 1.66. The molecule has 0 saturated heterocycles. The van der Waals surface area contributed by atoms with E-state index >= 15 is 0 Å². The summed E-state index contributed by atoms with van der Waals surface area (Å²) in [6.45, 7) is 5.78. The molecule has 0 fully saturated rings. The zero-order valence-corrected chi connectivity index (χ0v) is 11.1. The summed E-state index contributed by atoms with van der Waals surface area (Å²) < 4.78 is 15.6. The number of hydrogen-bond acceptors (Lipinski definition) is 5. The van der Waals surface area contributed by atoms with Crippen molar-refractivity contribution in [2.24, 2.45) is 0 Å². The third kappa shape index (κ3) is 6.54. The van der Waals surface area contributed by atoms with E-state index in [0.717, 1.165) is 18.1 Å². The van der Waals surface area contributed by atoms with Gasteiger partial charge >= 0.3 is 0 Å². The Labute approximate surface area is 108 Å². The first-order chi connectivity index (χ1) is 8.86. The quantitative estimate of drug-likeness (QED) is 0.644. The topological polar surface area (TPSA) is 52.6 Å². The van der Waals surface area contributed by atoms with Crippen molar-refractivity contribution in [1.82, 2.24) is 4.98 Å². The van der Waals surface area contributed by atoms with Gasteiger partial charge in [0.2, 0.25) is 0 Å². The maximum absolute atomic E-state index is 5.48. The molecule has 1 rings (SSSR count). The zero-order chi connectivity index (χ0) is 13.1. The van der Waals surface area contributed by atoms with E-state index in [1.807, 2.05) is 25.1 Å². The number of aromatic nitrogens is 1. The Morgan fingerprint density at radius 2 is 1.89 bits per heavy atom. The summed E-state index contributed by atoms with van der Waals surface area (Å²) in [6.07, 6.45) is 0. The first kappa shape index (κ1) is 14.9. The Kier molecular flexibility index (Phi) is 8.12. The van der Waals surface area contributed by atoms with Crippen molar-refractivity contribution < 1.29 is 14.2 Å². The Bertz CT molecular complexity index is 321. The van der Waals surface area contributed by atoms with Crippen LogP contribution in [0.15, 0.2) is 18.2 Å². The van der Waals surface area contributed by atoms with Crippen LogP contribution in [-0.4, -0.2) is 45.1 Å². The molecular weight excluding hydrogens is 232 g/mol. The van der Waals surface area contributed by atoms with E-state index in [9.17, 15) is 0 Å². The molecule has 0 bridgehead atoms. The molecule has 5 nitrogen and oxygen atoms in total. The van der Waals surface area contributed by atoms with Gasteiger partial charge in [-0.3, -0.25) is 0 Å². The average molecular weight is 254 g/mol. The first-order valence-electron chi connectivity index (χ1n) is 6.21. The molecule has 0 amide bonds. The molecule has 0 saturated carbocycles. The average Bonchev–Trinajstić information content (AvgIpc) is 2.39. The molecule has 0 aliphatic carbocycles. The maximum atomic E-state index is 5.48. The van der Waals surface area contributed by atoms with Crippen LogP contribution < -0.4 is 5.32 Å². The Morgan fingerprint density at radius 1 is 1.11 bits per heavy atom. The van der Waals surface area contributed by atoms with Gasteiger partial charge in [-0.1, -0.05) is 6.07 Å². The minimum atomic E-state index is 0.507. The summed E-state index contributed by atoms with van der Waals surface area (Å²) in [5.74, 6) is 0.884. The molecule has 5 heteroatoms. The highest BCUT2D eigenvalue weighted by Gasteiger charge is 1.97. The number of nitrogens with zero attached hydrogens (tertiary/aromatic N) is 1. The fourth-order valence-corrected chi connectivity index (χ4v) is 1.38. The molecule has 0 spiro atoms. The second-order valence-corrected chi connectivity index (χ2v) is 3.70. The first-order valence-corrected chi connectivity index (χ1v) is 6.21. The molecule has 0 aromatic carbocycles. The van der Waals surface area contributed by atoms with E-state index in [1.165, 1.54) is 0 Å². The molecule has 0 unspecified atom stereocenters. The van der Waals surface area contributed by atoms with Gasteiger partial charge in [0, 0.05) is 13.7 Å². The number of hydrogen-bond donors (Lipinski definition) is 1. The maximum Gasteiger partial charge on any atom is 0.126 e. The van der Waals surface area contributed by atoms with Gasteiger partial charge in [-0.2, -0.15) is 0 Å². The monoisotopic (exact) mass is 254 g/mol. The van der Waals surface area contributed by atoms with Crippen LogP contribution in [0.25, 0.3) is 0 Å². The number of rotatable bonds is 10. The van der Waals surface area contributed by atoms with Crippen LogP contribution in [0, 0.1) is 0 Å². The lowest BCUT2D eigenvalue weighted by Crippen LogP contribution is -2.09. The molecule has 1 N–H and O–H groups in total. The second kappa shape index (κ2) is 9.82. The molecule has 102 valence electrons. The molecule has 0 aliphatic rings. The summed E-state index contributed by atoms with van der Waals surface area (Å²) in [6, 6.07) is 5.87. The summed E-state index contributed by atoms with van der Waals surface area (Å²) in [4.78, 5) is 4.41. The van der Waals surface area contributed by atoms with E-state index in [2.05, 4.69) is 10.3 Å². The highest BCUT2D eigenvalue weighted by atomic mass is 16.5. The molecule has 0 aliphatic heterocycles. The minimum Gasteiger partial charge on any atom is -0.382 e. The van der Waals surface area contributed by atoms with E-state index < -0.39 is 0 Å². The lowest BCUT2D eigenvalue weighted by atomic mass is 10.3. The predicted octanol–water partition coefficient (Wildman–Crippen LogP) is 1.69. The number of nitrogens with one attached hydrogen (secondary N) is 1. The van der Waals surface area contributed by atoms with Gasteiger partial charge in [0.05, 0.1) is 38.7 Å². The van der Waals surface area contributed by atoms with Crippen LogP contribution >= 0.6 is 0 Å². The SMILES string of the molecule is CCNc1cccc(COCCOCCOC)n1. The zero-order valence-electron chi connectivity index (χ0n) is 11.1. The fourth-order valence-electron chi connectivity index (χ4n) is 1.38. The van der Waals surface area contributed by atoms with Crippen LogP contribution in [0.5, 0.6) is 0 Å². The van der Waals surface area contributed by atoms with Crippen molar-refractivity contribution in [2.45, 2.75) is 13.5 Å². The largest absolute Gasteiger partial charge is 0.382 e. The standard InChI is InChI=1S/C13H22N2O3/c1-3-14-13-6-4-5-12(15-13)11-18-10-9-17-8-7-16-2/h4-6H,3,7-11H2,1-2H3,(H,14,15). The van der Waals surface area contributed by atoms with Gasteiger partial charge < -0.3 is 19.5 Å². The number of pyridine rings is 1. The van der Waals surface area contributed by atoms with Gasteiger partial charge in [-0.15, -0.1) is 0 Å². The second-order valence-electron chi connectivity index (χ2n) is 3.70. The number of anilines is 1. The van der Waals surface area contributed by atoms with Crippen LogP contribution in [0.4, 0.5) is 5.82 Å². The highest BCUT2D eigenvalue weighted by Crippen LogP contribution is 2.05. The van der Waals surface area contributed by atoms with Gasteiger partial charge in [0.25, 0.3) is 0 Å².